The van der Waals surface area contributed by atoms with Crippen LogP contribution in [-0.2, 0) is 4.79 Å². The number of aromatic nitrogens is 3. The first-order valence-corrected chi connectivity index (χ1v) is 11.7. The Labute approximate surface area is 216 Å². The largest absolute Gasteiger partial charge is 0.480 e. The van der Waals surface area contributed by atoms with Crippen LogP contribution in [0, 0.1) is 19.3 Å². The van der Waals surface area contributed by atoms with E-state index in [2.05, 4.69) is 38.8 Å². The van der Waals surface area contributed by atoms with Crippen molar-refractivity contribution in [3.8, 4) is 12.3 Å². The summed E-state index contributed by atoms with van der Waals surface area (Å²) < 4.78 is 0. The van der Waals surface area contributed by atoms with Gasteiger partial charge >= 0.3 is 5.97 Å². The fourth-order valence-corrected chi connectivity index (χ4v) is 1.89. The van der Waals surface area contributed by atoms with Gasteiger partial charge in [-0.15, -0.1) is 12.3 Å². The Balaban J connectivity index is -0.000000193. The summed E-state index contributed by atoms with van der Waals surface area (Å²) in [6.45, 7) is 10.5. The minimum absolute atomic E-state index is 0.120. The number of aliphatic carboxylic acids is 1. The number of allylic oxidation sites excluding steroid dienone is 4. The molecular formula is C26H47N7O3. The number of nitrogen functional groups attached to an aromatic ring is 1. The molecule has 0 bridgehead atoms. The lowest BCUT2D eigenvalue weighted by Gasteiger charge is -2.00. The number of hydrogen-bond acceptors (Lipinski definition) is 9. The maximum Gasteiger partial charge on any atom is 0.320 e. The molecule has 10 N–H and O–H groups in total. The number of aliphatic hydroxyl groups excluding tert-OH is 1. The molecule has 0 radical (unpaired) electrons. The van der Waals surface area contributed by atoms with E-state index in [-0.39, 0.29) is 13.0 Å². The Morgan fingerprint density at radius 3 is 2.19 bits per heavy atom. The number of terminal acetylenes is 1. The van der Waals surface area contributed by atoms with Crippen molar-refractivity contribution in [1.29, 1.82) is 0 Å². The molecular weight excluding hydrogens is 458 g/mol. The standard InChI is InChI=1S/C9H12.C8H8N4.C4H9NO3.C2H7N.C2H6.CH5N/c1-3-5-7-9-8-6-4-2;1-5-2-3-10-8-6(5)7(9)11-4-12-8;5-3(1-2-6)4(7)8;1-2-3;2*1-2/h1,4,6-7,9H,5,8H2,2H3;2-4H,1H3,(H2,9,10,11,12);3,6H,1-2,5H2,(H,7,8);2-3H2,1H3;1-2H3;2H2,1H3/b6-4-,9-7-;;;;;. The minimum Gasteiger partial charge on any atom is -0.480 e. The van der Waals surface area contributed by atoms with E-state index in [1.54, 1.807) is 6.20 Å². The molecule has 2 aromatic heterocycles. The lowest BCUT2D eigenvalue weighted by atomic mass is 10.2. The Morgan fingerprint density at radius 2 is 1.78 bits per heavy atom. The highest BCUT2D eigenvalue weighted by atomic mass is 16.4. The molecule has 0 fully saturated rings. The summed E-state index contributed by atoms with van der Waals surface area (Å²) in [4.78, 5) is 21.8. The van der Waals surface area contributed by atoms with E-state index in [1.165, 1.54) is 13.4 Å². The molecule has 0 aliphatic carbocycles. The summed E-state index contributed by atoms with van der Waals surface area (Å²) in [5.74, 6) is 1.95. The average Bonchev–Trinajstić information content (AvgIpc) is 2.88. The van der Waals surface area contributed by atoms with Gasteiger partial charge in [0.25, 0.3) is 0 Å². The third-order valence-corrected chi connectivity index (χ3v) is 3.44. The SMILES string of the molecule is C#CC/C=C\C/C=C\C.CC.CCN.CN.Cc1ccnc2ncnc(N)c12.NC(CCO)C(=O)O. The smallest absolute Gasteiger partial charge is 0.320 e. The van der Waals surface area contributed by atoms with E-state index in [1.807, 2.05) is 52.8 Å². The molecule has 0 saturated heterocycles. The molecule has 10 nitrogen and oxygen atoms in total. The highest BCUT2D eigenvalue weighted by molar-refractivity contribution is 5.87. The molecule has 2 aromatic rings. The third-order valence-electron chi connectivity index (χ3n) is 3.44. The van der Waals surface area contributed by atoms with Crippen LogP contribution in [-0.4, -0.2) is 57.4 Å². The van der Waals surface area contributed by atoms with Crippen molar-refractivity contribution in [2.45, 2.75) is 59.9 Å². The number of aryl methyl sites for hydroxylation is 1. The Morgan fingerprint density at radius 1 is 1.19 bits per heavy atom. The maximum absolute atomic E-state index is 9.85. The second kappa shape index (κ2) is 31.6. The first kappa shape index (κ1) is 39.8. The number of nitrogens with two attached hydrogens (primary N) is 4. The van der Waals surface area contributed by atoms with Crippen LogP contribution in [0.25, 0.3) is 11.0 Å². The molecule has 0 saturated carbocycles. The average molecular weight is 506 g/mol. The van der Waals surface area contributed by atoms with Crippen LogP contribution in [0.3, 0.4) is 0 Å². The first-order chi connectivity index (χ1) is 17.3. The summed E-state index contributed by atoms with van der Waals surface area (Å²) in [6, 6.07) is 0.974. The zero-order valence-electron chi connectivity index (χ0n) is 22.7. The number of carboxylic acids is 1. The lowest BCUT2D eigenvalue weighted by molar-refractivity contribution is -0.138. The normalized spacial score (nSPS) is 9.92. The van der Waals surface area contributed by atoms with Crippen molar-refractivity contribution >= 4 is 22.8 Å². The molecule has 36 heavy (non-hydrogen) atoms. The van der Waals surface area contributed by atoms with Gasteiger partial charge in [-0.2, -0.15) is 0 Å². The molecule has 1 atom stereocenters. The summed E-state index contributed by atoms with van der Waals surface area (Å²) >= 11 is 0. The number of pyridine rings is 1. The van der Waals surface area contributed by atoms with E-state index >= 15 is 0 Å². The van der Waals surface area contributed by atoms with Crippen molar-refractivity contribution in [3.63, 3.8) is 0 Å². The highest BCUT2D eigenvalue weighted by Gasteiger charge is 2.08. The third kappa shape index (κ3) is 23.8. The Hall–Kier alpha value is -3.36. The first-order valence-electron chi connectivity index (χ1n) is 11.7. The predicted octanol–water partition coefficient (Wildman–Crippen LogP) is 2.79. The van der Waals surface area contributed by atoms with Crippen LogP contribution in [0.5, 0.6) is 0 Å². The molecule has 0 amide bonds. The number of anilines is 1. The second-order valence-electron chi connectivity index (χ2n) is 6.14. The predicted molar refractivity (Wildman–Crippen MR) is 152 cm³/mol. The van der Waals surface area contributed by atoms with Gasteiger partial charge in [0, 0.05) is 19.2 Å². The fraction of sp³-hybridized carbons (Fsp3) is 0.462. The lowest BCUT2D eigenvalue weighted by Crippen LogP contribution is -2.30. The van der Waals surface area contributed by atoms with Crippen molar-refractivity contribution < 1.29 is 15.0 Å². The minimum atomic E-state index is -1.07. The summed E-state index contributed by atoms with van der Waals surface area (Å²) in [5.41, 5.74) is 21.7. The Bertz CT molecular complexity index is 829. The second-order valence-corrected chi connectivity index (χ2v) is 6.14. The molecule has 0 aromatic carbocycles. The topological polar surface area (TPSA) is 200 Å². The molecule has 2 rings (SSSR count). The van der Waals surface area contributed by atoms with E-state index in [4.69, 9.17) is 33.8 Å². The van der Waals surface area contributed by atoms with Crippen molar-refractivity contribution in [2.75, 3.05) is 25.9 Å². The monoisotopic (exact) mass is 505 g/mol. The van der Waals surface area contributed by atoms with Crippen molar-refractivity contribution in [3.05, 3.63) is 48.5 Å². The summed E-state index contributed by atoms with van der Waals surface area (Å²) in [7, 11) is 1.50. The Kier molecular flexibility index (Phi) is 35.0. The van der Waals surface area contributed by atoms with Crippen LogP contribution < -0.4 is 22.9 Å². The number of hydrogen-bond donors (Lipinski definition) is 6. The number of rotatable bonds is 6. The van der Waals surface area contributed by atoms with E-state index in [0.717, 1.165) is 30.3 Å². The van der Waals surface area contributed by atoms with E-state index < -0.39 is 12.0 Å². The van der Waals surface area contributed by atoms with Gasteiger partial charge in [-0.05, 0) is 51.9 Å². The molecule has 204 valence electrons. The summed E-state index contributed by atoms with van der Waals surface area (Å²) in [5, 5.41) is 17.1. The number of fused-ring (bicyclic) bond motifs is 1. The van der Waals surface area contributed by atoms with Crippen LogP contribution in [0.1, 0.15) is 52.5 Å². The molecule has 0 spiro atoms. The maximum atomic E-state index is 9.85. The van der Waals surface area contributed by atoms with Gasteiger partial charge in [-0.25, -0.2) is 15.0 Å². The van der Waals surface area contributed by atoms with Gasteiger partial charge in [0.15, 0.2) is 5.65 Å². The van der Waals surface area contributed by atoms with Gasteiger partial charge in [-0.1, -0.05) is 45.1 Å². The van der Waals surface area contributed by atoms with E-state index in [9.17, 15) is 4.79 Å². The molecule has 0 aliphatic rings. The molecule has 2 heterocycles. The van der Waals surface area contributed by atoms with Crippen LogP contribution in [0.2, 0.25) is 0 Å². The number of carboxylic acid groups (broad SMARTS) is 1. The number of nitrogens with zero attached hydrogens (tertiary/aromatic N) is 3. The molecule has 1 unspecified atom stereocenters. The zero-order chi connectivity index (χ0) is 28.8. The fourth-order valence-electron chi connectivity index (χ4n) is 1.89. The van der Waals surface area contributed by atoms with Gasteiger partial charge in [0.2, 0.25) is 0 Å². The molecule has 10 heteroatoms. The number of carbonyl (C=O) groups is 1. The highest BCUT2D eigenvalue weighted by Crippen LogP contribution is 2.17. The van der Waals surface area contributed by atoms with Crippen LogP contribution in [0.15, 0.2) is 42.9 Å². The van der Waals surface area contributed by atoms with Gasteiger partial charge in [-0.3, -0.25) is 4.79 Å². The van der Waals surface area contributed by atoms with Gasteiger partial charge in [0.1, 0.15) is 18.2 Å². The van der Waals surface area contributed by atoms with Crippen LogP contribution >= 0.6 is 0 Å². The van der Waals surface area contributed by atoms with Crippen molar-refractivity contribution in [2.24, 2.45) is 17.2 Å². The quantitative estimate of drug-likeness (QED) is 0.250. The summed E-state index contributed by atoms with van der Waals surface area (Å²) in [6.07, 6.45) is 18.2. The van der Waals surface area contributed by atoms with Crippen molar-refractivity contribution in [1.82, 2.24) is 15.0 Å². The zero-order valence-corrected chi connectivity index (χ0v) is 22.7. The van der Waals surface area contributed by atoms with Gasteiger partial charge in [0.05, 0.1) is 5.39 Å². The van der Waals surface area contributed by atoms with E-state index in [0.29, 0.717) is 11.5 Å². The molecule has 0 aliphatic heterocycles. The number of aliphatic hydroxyl groups is 1. The van der Waals surface area contributed by atoms with Gasteiger partial charge < -0.3 is 33.1 Å². The van der Waals surface area contributed by atoms with Crippen LogP contribution in [0.4, 0.5) is 5.82 Å².